The molecule has 1 amide bonds. The molecule has 0 saturated carbocycles. The molecule has 0 bridgehead atoms. The number of likely N-dealkylation sites (tertiary alicyclic amines) is 1. The zero-order valence-electron chi connectivity index (χ0n) is 17.5. The Morgan fingerprint density at radius 3 is 2.52 bits per heavy atom. The molecule has 0 spiro atoms. The molecule has 11 heteroatoms. The van der Waals surface area contributed by atoms with Gasteiger partial charge in [-0.1, -0.05) is 24.4 Å². The van der Waals surface area contributed by atoms with E-state index in [1.807, 2.05) is 0 Å². The van der Waals surface area contributed by atoms with E-state index in [0.29, 0.717) is 39.5 Å². The van der Waals surface area contributed by atoms with Crippen LogP contribution in [0.25, 0.3) is 27.9 Å². The van der Waals surface area contributed by atoms with E-state index in [-0.39, 0.29) is 22.8 Å². The average molecular weight is 477 g/mol. The van der Waals surface area contributed by atoms with Crippen molar-refractivity contribution in [1.29, 1.82) is 0 Å². The van der Waals surface area contributed by atoms with Crippen LogP contribution in [0.15, 0.2) is 36.8 Å². The maximum Gasteiger partial charge on any atom is 0.289 e. The van der Waals surface area contributed by atoms with E-state index in [1.54, 1.807) is 27.6 Å². The standard InChI is InChI=1S/C22H20ClF3N6O/c23-13-5-6-18-28-11-17(31(18)12-13)19-14-10-27-15(22(33)30-7-3-1-2-4-8-30)9-16(14)32(29-19)21(26)20(24)25/h5-6,9-12,20-21H,1-4,7-8H2. The second kappa shape index (κ2) is 8.66. The Hall–Kier alpha value is -3.14. The fourth-order valence-corrected chi connectivity index (χ4v) is 4.36. The van der Waals surface area contributed by atoms with Crippen molar-refractivity contribution in [3.8, 4) is 11.4 Å². The topological polar surface area (TPSA) is 68.3 Å². The lowest BCUT2D eigenvalue weighted by Crippen LogP contribution is -2.32. The Morgan fingerprint density at radius 1 is 1.03 bits per heavy atom. The van der Waals surface area contributed by atoms with Gasteiger partial charge in [0.15, 0.2) is 0 Å². The molecule has 1 atom stereocenters. The minimum absolute atomic E-state index is 0.0583. The largest absolute Gasteiger partial charge is 0.337 e. The summed E-state index contributed by atoms with van der Waals surface area (Å²) < 4.78 is 43.5. The fraction of sp³-hybridized carbons (Fsp3) is 0.364. The Bertz CT molecular complexity index is 1330. The number of alkyl halides is 3. The number of carbonyl (C=O) groups excluding carboxylic acids is 1. The van der Waals surface area contributed by atoms with Crippen molar-refractivity contribution in [2.24, 2.45) is 0 Å². The molecule has 7 nitrogen and oxygen atoms in total. The van der Waals surface area contributed by atoms with E-state index in [4.69, 9.17) is 11.6 Å². The summed E-state index contributed by atoms with van der Waals surface area (Å²) in [7, 11) is 0. The lowest BCUT2D eigenvalue weighted by molar-refractivity contribution is 0.00356. The summed E-state index contributed by atoms with van der Waals surface area (Å²) in [6.07, 6.45) is 2.39. The molecule has 1 fully saturated rings. The van der Waals surface area contributed by atoms with Crippen LogP contribution in [0, 0.1) is 0 Å². The van der Waals surface area contributed by atoms with Gasteiger partial charge in [-0.3, -0.25) is 14.2 Å². The van der Waals surface area contributed by atoms with E-state index in [9.17, 15) is 18.0 Å². The third kappa shape index (κ3) is 3.92. The number of fused-ring (bicyclic) bond motifs is 2. The maximum atomic E-state index is 14.6. The molecule has 5 heterocycles. The summed E-state index contributed by atoms with van der Waals surface area (Å²) in [6.45, 7) is 1.21. The predicted molar refractivity (Wildman–Crippen MR) is 117 cm³/mol. The smallest absolute Gasteiger partial charge is 0.289 e. The van der Waals surface area contributed by atoms with Crippen LogP contribution in [0.3, 0.4) is 0 Å². The monoisotopic (exact) mass is 476 g/mol. The number of halogens is 4. The summed E-state index contributed by atoms with van der Waals surface area (Å²) in [5, 5.41) is 4.92. The first-order chi connectivity index (χ1) is 15.9. The molecule has 4 aromatic heterocycles. The highest BCUT2D eigenvalue weighted by Crippen LogP contribution is 2.33. The Balaban J connectivity index is 1.65. The van der Waals surface area contributed by atoms with E-state index < -0.39 is 12.7 Å². The quantitative estimate of drug-likeness (QED) is 0.408. The maximum absolute atomic E-state index is 14.6. The summed E-state index contributed by atoms with van der Waals surface area (Å²) in [5.41, 5.74) is 1.34. The highest BCUT2D eigenvalue weighted by molar-refractivity contribution is 6.30. The Morgan fingerprint density at radius 2 is 1.79 bits per heavy atom. The molecular formula is C22H20ClF3N6O. The summed E-state index contributed by atoms with van der Waals surface area (Å²) in [5.74, 6) is -0.304. The number of hydrogen-bond acceptors (Lipinski definition) is 4. The normalized spacial score (nSPS) is 16.0. The van der Waals surface area contributed by atoms with Crippen molar-refractivity contribution in [3.63, 3.8) is 0 Å². The third-order valence-electron chi connectivity index (χ3n) is 5.86. The number of pyridine rings is 2. The molecule has 0 radical (unpaired) electrons. The molecule has 0 aromatic carbocycles. The van der Waals surface area contributed by atoms with Crippen LogP contribution in [-0.2, 0) is 0 Å². The molecule has 0 aliphatic carbocycles. The van der Waals surface area contributed by atoms with Gasteiger partial charge in [-0.05, 0) is 31.0 Å². The van der Waals surface area contributed by atoms with Crippen LogP contribution in [0.2, 0.25) is 5.02 Å². The first-order valence-corrected chi connectivity index (χ1v) is 11.0. The van der Waals surface area contributed by atoms with Crippen molar-refractivity contribution >= 4 is 34.1 Å². The van der Waals surface area contributed by atoms with E-state index in [1.165, 1.54) is 18.5 Å². The molecule has 0 N–H and O–H groups in total. The lowest BCUT2D eigenvalue weighted by atomic mass is 10.2. The van der Waals surface area contributed by atoms with E-state index in [0.717, 1.165) is 25.7 Å². The van der Waals surface area contributed by atoms with Gasteiger partial charge >= 0.3 is 0 Å². The number of carbonyl (C=O) groups is 1. The van der Waals surface area contributed by atoms with Crippen molar-refractivity contribution in [2.75, 3.05) is 13.1 Å². The fourth-order valence-electron chi connectivity index (χ4n) is 4.20. The van der Waals surface area contributed by atoms with E-state index in [2.05, 4.69) is 15.1 Å². The summed E-state index contributed by atoms with van der Waals surface area (Å²) in [4.78, 5) is 23.3. The van der Waals surface area contributed by atoms with Crippen molar-refractivity contribution in [3.05, 3.63) is 47.5 Å². The first kappa shape index (κ1) is 21.7. The van der Waals surface area contributed by atoms with Crippen LogP contribution in [0.4, 0.5) is 13.2 Å². The number of nitrogens with zero attached hydrogens (tertiary/aromatic N) is 6. The molecule has 172 valence electrons. The van der Waals surface area contributed by atoms with Crippen LogP contribution in [0.1, 0.15) is 42.5 Å². The summed E-state index contributed by atoms with van der Waals surface area (Å²) in [6, 6.07) is 4.70. The number of aromatic nitrogens is 5. The number of hydrogen-bond donors (Lipinski definition) is 0. The van der Waals surface area contributed by atoms with Crippen molar-refractivity contribution in [1.82, 2.24) is 29.0 Å². The number of imidazole rings is 1. The van der Waals surface area contributed by atoms with Gasteiger partial charge < -0.3 is 4.90 Å². The zero-order valence-corrected chi connectivity index (χ0v) is 18.2. The minimum atomic E-state index is -3.30. The van der Waals surface area contributed by atoms with Crippen LogP contribution in [0.5, 0.6) is 0 Å². The van der Waals surface area contributed by atoms with Crippen molar-refractivity contribution in [2.45, 2.75) is 38.4 Å². The highest BCUT2D eigenvalue weighted by atomic mass is 35.5. The average Bonchev–Trinajstić information content (AvgIpc) is 3.27. The predicted octanol–water partition coefficient (Wildman–Crippen LogP) is 5.15. The molecular weight excluding hydrogens is 457 g/mol. The molecule has 1 unspecified atom stereocenters. The van der Waals surface area contributed by atoms with Crippen LogP contribution < -0.4 is 0 Å². The van der Waals surface area contributed by atoms with Gasteiger partial charge in [-0.2, -0.15) is 5.10 Å². The van der Waals surface area contributed by atoms with Gasteiger partial charge in [0, 0.05) is 30.9 Å². The molecule has 5 rings (SSSR count). The Labute approximate surface area is 191 Å². The summed E-state index contributed by atoms with van der Waals surface area (Å²) >= 11 is 6.10. The second-order valence-electron chi connectivity index (χ2n) is 8.01. The van der Waals surface area contributed by atoms with Crippen molar-refractivity contribution < 1.29 is 18.0 Å². The first-order valence-electron chi connectivity index (χ1n) is 10.7. The van der Waals surface area contributed by atoms with Gasteiger partial charge in [-0.15, -0.1) is 0 Å². The lowest BCUT2D eigenvalue weighted by Gasteiger charge is -2.19. The van der Waals surface area contributed by atoms with Gasteiger partial charge in [0.1, 0.15) is 17.0 Å². The zero-order chi connectivity index (χ0) is 23.1. The van der Waals surface area contributed by atoms with Gasteiger partial charge in [0.05, 0.1) is 22.4 Å². The second-order valence-corrected chi connectivity index (χ2v) is 8.45. The molecule has 1 saturated heterocycles. The number of rotatable bonds is 4. The van der Waals surface area contributed by atoms with E-state index >= 15 is 0 Å². The van der Waals surface area contributed by atoms with Gasteiger partial charge in [0.25, 0.3) is 18.6 Å². The SMILES string of the molecule is O=C(c1cc2c(cn1)c(-c1cnc3ccc(Cl)cn13)nn2C(F)C(F)F)N1CCCCCC1. The third-order valence-corrected chi connectivity index (χ3v) is 6.08. The number of amides is 1. The van der Waals surface area contributed by atoms with Gasteiger partial charge in [-0.25, -0.2) is 22.8 Å². The molecule has 1 aliphatic heterocycles. The van der Waals surface area contributed by atoms with Crippen LogP contribution >= 0.6 is 11.6 Å². The molecule has 4 aromatic rings. The Kier molecular flexibility index (Phi) is 5.69. The highest BCUT2D eigenvalue weighted by Gasteiger charge is 2.28. The molecule has 1 aliphatic rings. The van der Waals surface area contributed by atoms with Gasteiger partial charge in [0.2, 0.25) is 0 Å². The minimum Gasteiger partial charge on any atom is -0.337 e. The molecule has 33 heavy (non-hydrogen) atoms. The van der Waals surface area contributed by atoms with Crippen LogP contribution in [-0.4, -0.2) is 54.5 Å².